The number of rotatable bonds is 4. The maximum atomic E-state index is 11.9. The molecule has 0 aliphatic rings. The zero-order chi connectivity index (χ0) is 13.8. The minimum absolute atomic E-state index is 0.00536. The predicted molar refractivity (Wildman–Crippen MR) is 73.4 cm³/mol. The second kappa shape index (κ2) is 5.71. The summed E-state index contributed by atoms with van der Waals surface area (Å²) in [6.45, 7) is 3.44. The molecule has 2 aromatic rings. The Bertz CT molecular complexity index is 605. The number of carbonyl (C=O) groups excluding carboxylic acids is 2. The molecule has 0 unspecified atom stereocenters. The van der Waals surface area contributed by atoms with Crippen molar-refractivity contribution >= 4 is 28.4 Å². The van der Waals surface area contributed by atoms with E-state index < -0.39 is 0 Å². The van der Waals surface area contributed by atoms with Crippen molar-refractivity contribution < 1.29 is 9.59 Å². The average Bonchev–Trinajstić information content (AvgIpc) is 2.76. The van der Waals surface area contributed by atoms with Crippen molar-refractivity contribution in [2.45, 2.75) is 20.3 Å². The van der Waals surface area contributed by atoms with Crippen molar-refractivity contribution in [3.63, 3.8) is 0 Å². The maximum absolute atomic E-state index is 11.9. The zero-order valence-corrected chi connectivity index (χ0v) is 11.5. The number of anilines is 1. The van der Waals surface area contributed by atoms with Gasteiger partial charge in [0.05, 0.1) is 6.42 Å². The van der Waals surface area contributed by atoms with Crippen LogP contribution in [0.25, 0.3) is 0 Å². The van der Waals surface area contributed by atoms with Crippen LogP contribution in [0.15, 0.2) is 24.3 Å². The van der Waals surface area contributed by atoms with E-state index in [0.717, 1.165) is 17.1 Å². The van der Waals surface area contributed by atoms with E-state index in [1.54, 1.807) is 12.1 Å². The Labute approximate surface area is 114 Å². The van der Waals surface area contributed by atoms with Crippen LogP contribution in [0.5, 0.6) is 0 Å². The van der Waals surface area contributed by atoms with E-state index in [0.29, 0.717) is 16.5 Å². The van der Waals surface area contributed by atoms with Gasteiger partial charge in [-0.15, -0.1) is 0 Å². The molecule has 0 radical (unpaired) electrons. The summed E-state index contributed by atoms with van der Waals surface area (Å²) in [5.41, 5.74) is 1.66. The first-order valence-electron chi connectivity index (χ1n) is 5.74. The number of benzene rings is 1. The molecule has 0 saturated carbocycles. The molecule has 0 atom stereocenters. The van der Waals surface area contributed by atoms with Crippen LogP contribution in [-0.4, -0.2) is 21.0 Å². The van der Waals surface area contributed by atoms with Gasteiger partial charge in [0.1, 0.15) is 5.78 Å². The maximum Gasteiger partial charge on any atom is 0.257 e. The summed E-state index contributed by atoms with van der Waals surface area (Å²) in [6.07, 6.45) is 0.191. The highest BCUT2D eigenvalue weighted by molar-refractivity contribution is 7.09. The Hall–Kier alpha value is -2.08. The number of aryl methyl sites for hydroxylation is 1. The molecular weight excluding hydrogens is 262 g/mol. The van der Waals surface area contributed by atoms with Crippen molar-refractivity contribution in [1.82, 2.24) is 9.36 Å². The number of amides is 1. The molecule has 1 N–H and O–H groups in total. The monoisotopic (exact) mass is 275 g/mol. The molecule has 0 bridgehead atoms. The van der Waals surface area contributed by atoms with E-state index in [4.69, 9.17) is 0 Å². The van der Waals surface area contributed by atoms with Gasteiger partial charge in [-0.25, -0.2) is 4.98 Å². The Balaban J connectivity index is 2.04. The minimum atomic E-state index is -0.231. The Morgan fingerprint density at radius 2 is 1.95 bits per heavy atom. The topological polar surface area (TPSA) is 72.0 Å². The fourth-order valence-electron chi connectivity index (χ4n) is 1.47. The largest absolute Gasteiger partial charge is 0.300 e. The molecule has 1 aromatic carbocycles. The third-order valence-electron chi connectivity index (χ3n) is 2.41. The third-order valence-corrected chi connectivity index (χ3v) is 3.08. The normalized spacial score (nSPS) is 10.2. The van der Waals surface area contributed by atoms with Crippen LogP contribution in [0.4, 0.5) is 5.13 Å². The van der Waals surface area contributed by atoms with Gasteiger partial charge in [-0.1, -0.05) is 17.7 Å². The number of nitrogens with one attached hydrogen (secondary N) is 1. The molecule has 2 rings (SSSR count). The first-order valence-corrected chi connectivity index (χ1v) is 6.52. The minimum Gasteiger partial charge on any atom is -0.300 e. The van der Waals surface area contributed by atoms with Crippen LogP contribution in [0.2, 0.25) is 0 Å². The highest BCUT2D eigenvalue weighted by Gasteiger charge is 2.10. The van der Waals surface area contributed by atoms with Crippen LogP contribution >= 0.6 is 11.5 Å². The quantitative estimate of drug-likeness (QED) is 0.928. The molecule has 5 nitrogen and oxygen atoms in total. The summed E-state index contributed by atoms with van der Waals surface area (Å²) in [5, 5.41) is 3.07. The lowest BCUT2D eigenvalue weighted by atomic mass is 10.1. The van der Waals surface area contributed by atoms with Gasteiger partial charge in [0, 0.05) is 17.1 Å². The van der Waals surface area contributed by atoms with E-state index in [9.17, 15) is 9.59 Å². The summed E-state index contributed by atoms with van der Waals surface area (Å²) in [4.78, 5) is 26.9. The number of hydrogen-bond acceptors (Lipinski definition) is 5. The summed E-state index contributed by atoms with van der Waals surface area (Å²) in [6, 6.07) is 7.25. The Morgan fingerprint density at radius 1 is 1.26 bits per heavy atom. The summed E-state index contributed by atoms with van der Waals surface area (Å²) in [5.74, 6) is 0.205. The van der Waals surface area contributed by atoms with E-state index in [2.05, 4.69) is 14.7 Å². The van der Waals surface area contributed by atoms with Crippen LogP contribution in [0.3, 0.4) is 0 Å². The zero-order valence-electron chi connectivity index (χ0n) is 10.6. The molecule has 0 aliphatic heterocycles. The van der Waals surface area contributed by atoms with Gasteiger partial charge in [-0.3, -0.25) is 14.9 Å². The molecular formula is C13H13N3O2S. The van der Waals surface area contributed by atoms with Gasteiger partial charge in [0.2, 0.25) is 5.13 Å². The third kappa shape index (κ3) is 3.69. The summed E-state index contributed by atoms with van der Waals surface area (Å²) in [7, 11) is 0. The fourth-order valence-corrected chi connectivity index (χ4v) is 2.06. The molecule has 6 heteroatoms. The lowest BCUT2D eigenvalue weighted by Gasteiger charge is -2.01. The van der Waals surface area contributed by atoms with Crippen LogP contribution in [0, 0.1) is 6.92 Å². The van der Waals surface area contributed by atoms with Gasteiger partial charge < -0.3 is 0 Å². The van der Waals surface area contributed by atoms with Gasteiger partial charge >= 0.3 is 0 Å². The summed E-state index contributed by atoms with van der Waals surface area (Å²) < 4.78 is 4.01. The molecule has 1 heterocycles. The number of aromatic nitrogens is 2. The smallest absolute Gasteiger partial charge is 0.257 e. The second-order valence-corrected chi connectivity index (χ2v) is 4.97. The number of carbonyl (C=O) groups is 2. The predicted octanol–water partition coefficient (Wildman–Crippen LogP) is 2.23. The molecule has 98 valence electrons. The molecule has 19 heavy (non-hydrogen) atoms. The Kier molecular flexibility index (Phi) is 4.01. The first-order chi connectivity index (χ1) is 9.04. The van der Waals surface area contributed by atoms with E-state index in [1.807, 2.05) is 19.1 Å². The van der Waals surface area contributed by atoms with Crippen molar-refractivity contribution in [3.05, 3.63) is 41.2 Å². The highest BCUT2D eigenvalue weighted by atomic mass is 32.1. The van der Waals surface area contributed by atoms with Gasteiger partial charge in [-0.2, -0.15) is 4.37 Å². The average molecular weight is 275 g/mol. The van der Waals surface area contributed by atoms with Gasteiger partial charge in [0.15, 0.2) is 5.82 Å². The number of ketones is 1. The molecule has 0 saturated heterocycles. The molecule has 1 amide bonds. The van der Waals surface area contributed by atoms with Crippen molar-refractivity contribution in [1.29, 1.82) is 0 Å². The lowest BCUT2D eigenvalue weighted by Crippen LogP contribution is -2.11. The fraction of sp³-hybridized carbons (Fsp3) is 0.231. The number of Topliss-reactive ketones (excluding diaryl/α,β-unsaturated/α-hetero) is 1. The standard InChI is InChI=1S/C13H13N3O2S/c1-8-3-5-10(6-4-8)12(18)15-13-14-11(16-19-13)7-9(2)17/h3-6H,7H2,1-2H3,(H,14,15,16,18). The molecule has 0 spiro atoms. The summed E-state index contributed by atoms with van der Waals surface area (Å²) >= 11 is 1.07. The van der Waals surface area contributed by atoms with Gasteiger partial charge in [0.25, 0.3) is 5.91 Å². The van der Waals surface area contributed by atoms with Crippen molar-refractivity contribution in [3.8, 4) is 0 Å². The van der Waals surface area contributed by atoms with Crippen molar-refractivity contribution in [2.75, 3.05) is 5.32 Å². The highest BCUT2D eigenvalue weighted by Crippen LogP contribution is 2.13. The second-order valence-electron chi connectivity index (χ2n) is 4.21. The number of hydrogen-bond donors (Lipinski definition) is 1. The SMILES string of the molecule is CC(=O)Cc1nsc(NC(=O)c2ccc(C)cc2)n1. The van der Waals surface area contributed by atoms with Gasteiger partial charge in [-0.05, 0) is 26.0 Å². The molecule has 0 fully saturated rings. The first kappa shape index (κ1) is 13.4. The van der Waals surface area contributed by atoms with Crippen LogP contribution < -0.4 is 5.32 Å². The Morgan fingerprint density at radius 3 is 2.58 bits per heavy atom. The molecule has 0 aliphatic carbocycles. The lowest BCUT2D eigenvalue weighted by molar-refractivity contribution is -0.116. The van der Waals surface area contributed by atoms with Crippen molar-refractivity contribution in [2.24, 2.45) is 0 Å². The van der Waals surface area contributed by atoms with Crippen LogP contribution in [-0.2, 0) is 11.2 Å². The van der Waals surface area contributed by atoms with E-state index >= 15 is 0 Å². The molecule has 1 aromatic heterocycles. The van der Waals surface area contributed by atoms with E-state index in [1.165, 1.54) is 6.92 Å². The number of nitrogens with zero attached hydrogens (tertiary/aromatic N) is 2. The van der Waals surface area contributed by atoms with Crippen LogP contribution in [0.1, 0.15) is 28.7 Å². The van der Waals surface area contributed by atoms with E-state index in [-0.39, 0.29) is 18.1 Å².